The predicted octanol–water partition coefficient (Wildman–Crippen LogP) is 4.22. The van der Waals surface area contributed by atoms with Crippen molar-refractivity contribution < 1.29 is 14.3 Å². The molecule has 1 aliphatic rings. The lowest BCUT2D eigenvalue weighted by molar-refractivity contribution is -0.119. The number of carbonyl (C=O) groups excluding carboxylic acids is 1. The summed E-state index contributed by atoms with van der Waals surface area (Å²) in [6, 6.07) is 13.4. The van der Waals surface area contributed by atoms with Crippen molar-refractivity contribution in [1.29, 1.82) is 0 Å². The number of carbonyl (C=O) groups is 1. The van der Waals surface area contributed by atoms with Gasteiger partial charge >= 0.3 is 0 Å². The summed E-state index contributed by atoms with van der Waals surface area (Å²) < 4.78 is 11.1. The molecule has 3 rings (SSSR count). The Morgan fingerprint density at radius 3 is 2.80 bits per heavy atom. The van der Waals surface area contributed by atoms with E-state index in [4.69, 9.17) is 21.1 Å². The Morgan fingerprint density at radius 1 is 1.20 bits per heavy atom. The molecule has 0 aromatic heterocycles. The Balaban J connectivity index is 1.49. The second-order valence-electron chi connectivity index (χ2n) is 5.82. The average molecular weight is 378 g/mol. The van der Waals surface area contributed by atoms with E-state index in [-0.39, 0.29) is 11.9 Å². The van der Waals surface area contributed by atoms with Gasteiger partial charge in [-0.25, -0.2) is 0 Å². The maximum Gasteiger partial charge on any atom is 0.230 e. The van der Waals surface area contributed by atoms with E-state index in [0.29, 0.717) is 19.0 Å². The first kappa shape index (κ1) is 18.0. The van der Waals surface area contributed by atoms with Crippen LogP contribution in [0.5, 0.6) is 11.5 Å². The smallest absolute Gasteiger partial charge is 0.230 e. The summed E-state index contributed by atoms with van der Waals surface area (Å²) >= 11 is 7.53. The van der Waals surface area contributed by atoms with E-state index in [1.165, 1.54) is 0 Å². The van der Waals surface area contributed by atoms with Gasteiger partial charge in [-0.2, -0.15) is 0 Å². The standard InChI is InChI=1S/C19H20ClNO3S/c1-13(15-5-6-17-18(10-15)24-8-7-23-17)21-19(22)12-25-11-14-3-2-4-16(20)9-14/h2-6,9-10,13H,7-8,11-12H2,1H3,(H,21,22)/t13-/m1/s1. The lowest BCUT2D eigenvalue weighted by atomic mass is 10.1. The fraction of sp³-hybridized carbons (Fsp3) is 0.316. The molecule has 1 heterocycles. The van der Waals surface area contributed by atoms with Gasteiger partial charge in [0.05, 0.1) is 11.8 Å². The minimum absolute atomic E-state index is 0.00872. The van der Waals surface area contributed by atoms with Gasteiger partial charge in [-0.1, -0.05) is 29.8 Å². The van der Waals surface area contributed by atoms with E-state index in [0.717, 1.165) is 33.4 Å². The van der Waals surface area contributed by atoms with Crippen molar-refractivity contribution in [1.82, 2.24) is 5.32 Å². The Bertz CT molecular complexity index is 753. The van der Waals surface area contributed by atoms with Crippen LogP contribution in [0.3, 0.4) is 0 Å². The summed E-state index contributed by atoms with van der Waals surface area (Å²) in [5.41, 5.74) is 2.11. The molecule has 0 fully saturated rings. The highest BCUT2D eigenvalue weighted by Crippen LogP contribution is 2.32. The van der Waals surface area contributed by atoms with Crippen LogP contribution in [0.1, 0.15) is 24.1 Å². The zero-order valence-corrected chi connectivity index (χ0v) is 15.5. The first-order valence-electron chi connectivity index (χ1n) is 8.13. The van der Waals surface area contributed by atoms with Crippen LogP contribution in [0.25, 0.3) is 0 Å². The summed E-state index contributed by atoms with van der Waals surface area (Å²) in [5.74, 6) is 2.66. The van der Waals surface area contributed by atoms with Gasteiger partial charge in [0.15, 0.2) is 11.5 Å². The number of nitrogens with one attached hydrogen (secondary N) is 1. The van der Waals surface area contributed by atoms with Crippen molar-refractivity contribution >= 4 is 29.3 Å². The van der Waals surface area contributed by atoms with Crippen LogP contribution in [0.15, 0.2) is 42.5 Å². The summed E-state index contributed by atoms with van der Waals surface area (Å²) in [6.07, 6.45) is 0. The SMILES string of the molecule is C[C@@H](NC(=O)CSCc1cccc(Cl)c1)c1ccc2c(c1)OCCO2. The first-order valence-corrected chi connectivity index (χ1v) is 9.66. The Kier molecular flexibility index (Phi) is 6.10. The number of hydrogen-bond acceptors (Lipinski definition) is 4. The molecule has 0 aliphatic carbocycles. The number of benzene rings is 2. The monoisotopic (exact) mass is 377 g/mol. The second-order valence-corrected chi connectivity index (χ2v) is 7.24. The van der Waals surface area contributed by atoms with E-state index >= 15 is 0 Å². The highest BCUT2D eigenvalue weighted by atomic mass is 35.5. The molecule has 25 heavy (non-hydrogen) atoms. The Labute approximate surface area is 156 Å². The van der Waals surface area contributed by atoms with Gasteiger partial charge in [-0.3, -0.25) is 4.79 Å². The molecular formula is C19H20ClNO3S. The molecule has 0 unspecified atom stereocenters. The maximum absolute atomic E-state index is 12.2. The minimum atomic E-state index is -0.0879. The number of rotatable bonds is 6. The van der Waals surface area contributed by atoms with Gasteiger partial charge in [0, 0.05) is 10.8 Å². The van der Waals surface area contributed by atoms with Crippen molar-refractivity contribution in [3.8, 4) is 11.5 Å². The van der Waals surface area contributed by atoms with Gasteiger partial charge in [0.1, 0.15) is 13.2 Å². The molecule has 1 amide bonds. The highest BCUT2D eigenvalue weighted by molar-refractivity contribution is 7.99. The first-order chi connectivity index (χ1) is 12.1. The van der Waals surface area contributed by atoms with E-state index in [1.807, 2.05) is 49.4 Å². The summed E-state index contributed by atoms with van der Waals surface area (Å²) in [4.78, 5) is 12.2. The summed E-state index contributed by atoms with van der Waals surface area (Å²) in [6.45, 7) is 3.09. The molecule has 0 bridgehead atoms. The number of amides is 1. The average Bonchev–Trinajstić information content (AvgIpc) is 2.61. The largest absolute Gasteiger partial charge is 0.486 e. The predicted molar refractivity (Wildman–Crippen MR) is 102 cm³/mol. The molecule has 0 radical (unpaired) electrons. The van der Waals surface area contributed by atoms with Crippen LogP contribution in [0.2, 0.25) is 5.02 Å². The van der Waals surface area contributed by atoms with Crippen molar-refractivity contribution in [3.63, 3.8) is 0 Å². The third-order valence-electron chi connectivity index (χ3n) is 3.83. The quantitative estimate of drug-likeness (QED) is 0.818. The number of fused-ring (bicyclic) bond motifs is 1. The summed E-state index contributed by atoms with van der Waals surface area (Å²) in [7, 11) is 0. The third kappa shape index (κ3) is 5.06. The topological polar surface area (TPSA) is 47.6 Å². The molecule has 1 aliphatic heterocycles. The highest BCUT2D eigenvalue weighted by Gasteiger charge is 2.15. The molecule has 4 nitrogen and oxygen atoms in total. The van der Waals surface area contributed by atoms with Crippen LogP contribution in [0.4, 0.5) is 0 Å². The molecule has 6 heteroatoms. The number of ether oxygens (including phenoxy) is 2. The molecule has 1 atom stereocenters. The zero-order valence-electron chi connectivity index (χ0n) is 14.0. The number of hydrogen-bond donors (Lipinski definition) is 1. The Hall–Kier alpha value is -1.85. The van der Waals surface area contributed by atoms with E-state index in [2.05, 4.69) is 5.32 Å². The molecule has 0 spiro atoms. The van der Waals surface area contributed by atoms with E-state index in [1.54, 1.807) is 11.8 Å². The van der Waals surface area contributed by atoms with Crippen LogP contribution in [-0.2, 0) is 10.5 Å². The molecule has 2 aromatic rings. The van der Waals surface area contributed by atoms with Gasteiger partial charge in [0.2, 0.25) is 5.91 Å². The Morgan fingerprint density at radius 2 is 2.00 bits per heavy atom. The summed E-state index contributed by atoms with van der Waals surface area (Å²) in [5, 5.41) is 3.74. The molecule has 2 aromatic carbocycles. The number of halogens is 1. The van der Waals surface area contributed by atoms with Crippen molar-refractivity contribution in [3.05, 3.63) is 58.6 Å². The normalized spacial score (nSPS) is 14.0. The molecule has 0 saturated carbocycles. The minimum Gasteiger partial charge on any atom is -0.486 e. The molecule has 1 N–H and O–H groups in total. The van der Waals surface area contributed by atoms with E-state index < -0.39 is 0 Å². The van der Waals surface area contributed by atoms with Crippen molar-refractivity contribution in [2.75, 3.05) is 19.0 Å². The molecule has 132 valence electrons. The lowest BCUT2D eigenvalue weighted by Crippen LogP contribution is -2.28. The van der Waals surface area contributed by atoms with Crippen molar-refractivity contribution in [2.24, 2.45) is 0 Å². The van der Waals surface area contributed by atoms with E-state index in [9.17, 15) is 4.79 Å². The maximum atomic E-state index is 12.2. The fourth-order valence-corrected chi connectivity index (χ4v) is 3.58. The van der Waals surface area contributed by atoms with Gasteiger partial charge in [0.25, 0.3) is 0 Å². The fourth-order valence-electron chi connectivity index (χ4n) is 2.58. The third-order valence-corrected chi connectivity index (χ3v) is 5.07. The van der Waals surface area contributed by atoms with Crippen LogP contribution < -0.4 is 14.8 Å². The van der Waals surface area contributed by atoms with Crippen LogP contribution in [0, 0.1) is 0 Å². The molecular weight excluding hydrogens is 358 g/mol. The van der Waals surface area contributed by atoms with Gasteiger partial charge in [-0.05, 0) is 42.3 Å². The zero-order chi connectivity index (χ0) is 17.6. The van der Waals surface area contributed by atoms with Crippen LogP contribution in [-0.4, -0.2) is 24.9 Å². The lowest BCUT2D eigenvalue weighted by Gasteiger charge is -2.21. The molecule has 0 saturated heterocycles. The number of thioether (sulfide) groups is 1. The van der Waals surface area contributed by atoms with Crippen molar-refractivity contribution in [2.45, 2.75) is 18.7 Å². The van der Waals surface area contributed by atoms with Crippen LogP contribution >= 0.6 is 23.4 Å². The van der Waals surface area contributed by atoms with Gasteiger partial charge < -0.3 is 14.8 Å². The second kappa shape index (κ2) is 8.50. The van der Waals surface area contributed by atoms with Gasteiger partial charge in [-0.15, -0.1) is 11.8 Å².